The second kappa shape index (κ2) is 7.17. The maximum atomic E-state index is 4.95. The highest BCUT2D eigenvalue weighted by atomic mass is 15.1. The first-order chi connectivity index (χ1) is 10.8. The fraction of sp³-hybridized carbons (Fsp3) is 0.632. The molecule has 22 heavy (non-hydrogen) atoms. The number of anilines is 1. The largest absolute Gasteiger partial charge is 0.367 e. The molecule has 1 aliphatic rings. The summed E-state index contributed by atoms with van der Waals surface area (Å²) in [7, 11) is 0. The molecule has 0 amide bonds. The Bertz CT molecular complexity index is 608. The lowest BCUT2D eigenvalue weighted by Crippen LogP contribution is -2.23. The van der Waals surface area contributed by atoms with E-state index in [4.69, 9.17) is 4.98 Å². The van der Waals surface area contributed by atoms with Gasteiger partial charge in [-0.25, -0.2) is 4.98 Å². The van der Waals surface area contributed by atoms with Crippen molar-refractivity contribution in [1.82, 2.24) is 9.38 Å². The highest BCUT2D eigenvalue weighted by molar-refractivity contribution is 5.59. The summed E-state index contributed by atoms with van der Waals surface area (Å²) in [4.78, 5) is 4.95. The number of aromatic nitrogens is 2. The number of unbranched alkanes of at least 4 members (excludes halogenated alkanes) is 2. The van der Waals surface area contributed by atoms with Crippen LogP contribution in [-0.2, 0) is 6.42 Å². The summed E-state index contributed by atoms with van der Waals surface area (Å²) >= 11 is 0. The molecule has 0 spiro atoms. The monoisotopic (exact) mass is 299 g/mol. The number of hydrogen-bond donors (Lipinski definition) is 1. The number of nitrogens with zero attached hydrogens (tertiary/aromatic N) is 2. The maximum Gasteiger partial charge on any atom is 0.141 e. The lowest BCUT2D eigenvalue weighted by molar-refractivity contribution is 0.461. The molecule has 2 aromatic rings. The summed E-state index contributed by atoms with van der Waals surface area (Å²) < 4.78 is 2.27. The summed E-state index contributed by atoms with van der Waals surface area (Å²) in [5.41, 5.74) is 3.64. The molecule has 0 radical (unpaired) electrons. The predicted molar refractivity (Wildman–Crippen MR) is 93.7 cm³/mol. The van der Waals surface area contributed by atoms with E-state index in [-0.39, 0.29) is 0 Å². The molecule has 120 valence electrons. The molecule has 1 saturated carbocycles. The Kier molecular flexibility index (Phi) is 5.01. The molecule has 1 aliphatic carbocycles. The minimum absolute atomic E-state index is 0.624. The number of hydrogen-bond acceptors (Lipinski definition) is 2. The first-order valence-electron chi connectivity index (χ1n) is 9.02. The van der Waals surface area contributed by atoms with E-state index < -0.39 is 0 Å². The van der Waals surface area contributed by atoms with Crippen LogP contribution in [0.1, 0.15) is 69.5 Å². The molecule has 3 nitrogen and oxygen atoms in total. The van der Waals surface area contributed by atoms with Gasteiger partial charge in [0, 0.05) is 12.2 Å². The van der Waals surface area contributed by atoms with Crippen LogP contribution >= 0.6 is 0 Å². The topological polar surface area (TPSA) is 29.3 Å². The molecule has 0 bridgehead atoms. The van der Waals surface area contributed by atoms with Crippen LogP contribution in [0.2, 0.25) is 0 Å². The molecule has 1 fully saturated rings. The van der Waals surface area contributed by atoms with Gasteiger partial charge in [0.25, 0.3) is 0 Å². The minimum Gasteiger partial charge on any atom is -0.367 e. The molecule has 0 aromatic carbocycles. The van der Waals surface area contributed by atoms with Gasteiger partial charge in [0.05, 0.1) is 5.69 Å². The first kappa shape index (κ1) is 15.4. The third-order valence-electron chi connectivity index (χ3n) is 4.88. The molecule has 0 atom stereocenters. The van der Waals surface area contributed by atoms with E-state index in [1.54, 1.807) is 0 Å². The van der Waals surface area contributed by atoms with Crippen molar-refractivity contribution >= 4 is 11.5 Å². The zero-order chi connectivity index (χ0) is 15.4. The van der Waals surface area contributed by atoms with E-state index in [9.17, 15) is 0 Å². The van der Waals surface area contributed by atoms with E-state index in [1.165, 1.54) is 68.4 Å². The van der Waals surface area contributed by atoms with Crippen LogP contribution in [0.5, 0.6) is 0 Å². The second-order valence-corrected chi connectivity index (χ2v) is 6.73. The van der Waals surface area contributed by atoms with Gasteiger partial charge < -0.3 is 5.32 Å². The lowest BCUT2D eigenvalue weighted by Gasteiger charge is -2.24. The van der Waals surface area contributed by atoms with E-state index >= 15 is 0 Å². The van der Waals surface area contributed by atoms with Crippen molar-refractivity contribution in [1.29, 1.82) is 0 Å². The molecular formula is C19H29N3. The molecule has 1 N–H and O–H groups in total. The molecule has 2 aromatic heterocycles. The Morgan fingerprint density at radius 1 is 1.23 bits per heavy atom. The Morgan fingerprint density at radius 2 is 2.05 bits per heavy atom. The normalized spacial score (nSPS) is 16.3. The molecule has 3 rings (SSSR count). The van der Waals surface area contributed by atoms with E-state index in [0.717, 1.165) is 12.1 Å². The highest BCUT2D eigenvalue weighted by Gasteiger charge is 2.18. The summed E-state index contributed by atoms with van der Waals surface area (Å²) in [6, 6.07) is 4.91. The fourth-order valence-corrected chi connectivity index (χ4v) is 3.56. The molecule has 0 saturated heterocycles. The van der Waals surface area contributed by atoms with Crippen LogP contribution < -0.4 is 5.32 Å². The van der Waals surface area contributed by atoms with Crippen LogP contribution in [0.25, 0.3) is 5.65 Å². The van der Waals surface area contributed by atoms with E-state index in [0.29, 0.717) is 6.04 Å². The van der Waals surface area contributed by atoms with Crippen molar-refractivity contribution < 1.29 is 0 Å². The Morgan fingerprint density at radius 3 is 2.82 bits per heavy atom. The van der Waals surface area contributed by atoms with Crippen LogP contribution in [0.4, 0.5) is 5.82 Å². The molecule has 0 aliphatic heterocycles. The number of aryl methyl sites for hydroxylation is 2. The number of nitrogens with one attached hydrogen (secondary N) is 1. The zero-order valence-corrected chi connectivity index (χ0v) is 14.1. The molecular weight excluding hydrogens is 270 g/mol. The summed E-state index contributed by atoms with van der Waals surface area (Å²) in [6.07, 6.45) is 13.7. The predicted octanol–water partition coefficient (Wildman–Crippen LogP) is 5.12. The standard InChI is InChI=1S/C19H29N3/c1-3-4-6-13-17-19(20-16-11-7-5-8-12-16)22-14-9-10-15(2)18(22)21-17/h9-10,14,16,20H,3-8,11-13H2,1-2H3. The number of rotatable bonds is 6. The maximum absolute atomic E-state index is 4.95. The highest BCUT2D eigenvalue weighted by Crippen LogP contribution is 2.27. The third kappa shape index (κ3) is 3.29. The molecule has 0 unspecified atom stereocenters. The smallest absolute Gasteiger partial charge is 0.141 e. The number of pyridine rings is 1. The average molecular weight is 299 g/mol. The van der Waals surface area contributed by atoms with Gasteiger partial charge in [-0.15, -0.1) is 0 Å². The van der Waals surface area contributed by atoms with Crippen LogP contribution in [0, 0.1) is 6.92 Å². The zero-order valence-electron chi connectivity index (χ0n) is 14.1. The van der Waals surface area contributed by atoms with Gasteiger partial charge in [-0.05, 0) is 44.2 Å². The van der Waals surface area contributed by atoms with Crippen molar-refractivity contribution in [3.05, 3.63) is 29.6 Å². The van der Waals surface area contributed by atoms with Crippen molar-refractivity contribution in [3.63, 3.8) is 0 Å². The molecule has 3 heteroatoms. The van der Waals surface area contributed by atoms with Crippen LogP contribution in [0.3, 0.4) is 0 Å². The quantitative estimate of drug-likeness (QED) is 0.750. The number of fused-ring (bicyclic) bond motifs is 1. The minimum atomic E-state index is 0.624. The van der Waals surface area contributed by atoms with Crippen molar-refractivity contribution in [2.75, 3.05) is 5.32 Å². The number of imidazole rings is 1. The second-order valence-electron chi connectivity index (χ2n) is 6.73. The fourth-order valence-electron chi connectivity index (χ4n) is 3.56. The average Bonchev–Trinajstić information content (AvgIpc) is 2.88. The summed E-state index contributed by atoms with van der Waals surface area (Å²) in [5, 5.41) is 3.83. The summed E-state index contributed by atoms with van der Waals surface area (Å²) in [6.45, 7) is 4.41. The third-order valence-corrected chi connectivity index (χ3v) is 4.88. The van der Waals surface area contributed by atoms with Crippen LogP contribution in [0.15, 0.2) is 18.3 Å². The van der Waals surface area contributed by atoms with Crippen molar-refractivity contribution in [2.24, 2.45) is 0 Å². The van der Waals surface area contributed by atoms with Crippen LogP contribution in [-0.4, -0.2) is 15.4 Å². The Balaban J connectivity index is 1.89. The van der Waals surface area contributed by atoms with Gasteiger partial charge >= 0.3 is 0 Å². The van der Waals surface area contributed by atoms with Gasteiger partial charge in [0.15, 0.2) is 0 Å². The Hall–Kier alpha value is -1.51. The van der Waals surface area contributed by atoms with E-state index in [2.05, 4.69) is 41.9 Å². The van der Waals surface area contributed by atoms with Crippen molar-refractivity contribution in [2.45, 2.75) is 77.7 Å². The van der Waals surface area contributed by atoms with Gasteiger partial charge in [-0.3, -0.25) is 4.40 Å². The van der Waals surface area contributed by atoms with E-state index in [1.807, 2.05) is 0 Å². The van der Waals surface area contributed by atoms with Gasteiger partial charge in [-0.2, -0.15) is 0 Å². The molecule has 2 heterocycles. The van der Waals surface area contributed by atoms with Gasteiger partial charge in [-0.1, -0.05) is 45.1 Å². The van der Waals surface area contributed by atoms with Gasteiger partial charge in [0.2, 0.25) is 0 Å². The first-order valence-corrected chi connectivity index (χ1v) is 9.02. The lowest BCUT2D eigenvalue weighted by atomic mass is 9.95. The summed E-state index contributed by atoms with van der Waals surface area (Å²) in [5.74, 6) is 1.25. The van der Waals surface area contributed by atoms with Crippen molar-refractivity contribution in [3.8, 4) is 0 Å². The Labute approximate surface area is 134 Å². The van der Waals surface area contributed by atoms with Gasteiger partial charge in [0.1, 0.15) is 11.5 Å². The SMILES string of the molecule is CCCCCc1nc2c(C)cccn2c1NC1CCCCC1.